The molecule has 0 aliphatic carbocycles. The van der Waals surface area contributed by atoms with E-state index in [4.69, 9.17) is 14.6 Å². The molecule has 6 nitrogen and oxygen atoms in total. The quantitative estimate of drug-likeness (QED) is 0.893. The molecule has 1 amide bonds. The van der Waals surface area contributed by atoms with Crippen LogP contribution < -0.4 is 4.74 Å². The van der Waals surface area contributed by atoms with Crippen molar-refractivity contribution >= 4 is 39.1 Å². The lowest BCUT2D eigenvalue weighted by molar-refractivity contribution is -0.147. The number of amides is 1. The second-order valence-electron chi connectivity index (χ2n) is 3.88. The molecule has 19 heavy (non-hydrogen) atoms. The average Bonchev–Trinajstić information content (AvgIpc) is 2.79. The van der Waals surface area contributed by atoms with Gasteiger partial charge in [0, 0.05) is 12.6 Å². The van der Waals surface area contributed by atoms with Crippen molar-refractivity contribution in [3.05, 3.63) is 14.7 Å². The summed E-state index contributed by atoms with van der Waals surface area (Å²) in [5.74, 6) is -0.811. The Balaban J connectivity index is 2.23. The summed E-state index contributed by atoms with van der Waals surface area (Å²) in [6, 6.07) is 0.666. The first-order valence-electron chi connectivity index (χ1n) is 5.49. The molecule has 1 aliphatic heterocycles. The van der Waals surface area contributed by atoms with E-state index in [0.717, 1.165) is 0 Å². The van der Waals surface area contributed by atoms with E-state index < -0.39 is 12.0 Å². The molecule has 1 aromatic rings. The number of carboxylic acid groups (broad SMARTS) is 1. The van der Waals surface area contributed by atoms with Gasteiger partial charge in [0.05, 0.1) is 25.2 Å². The maximum atomic E-state index is 12.3. The fourth-order valence-corrected chi connectivity index (χ4v) is 3.40. The predicted molar refractivity (Wildman–Crippen MR) is 71.9 cm³/mol. The zero-order chi connectivity index (χ0) is 14.0. The molecule has 8 heteroatoms. The summed E-state index contributed by atoms with van der Waals surface area (Å²) in [6.07, 6.45) is 0. The number of morpholine rings is 1. The first kappa shape index (κ1) is 14.3. The Morgan fingerprint density at radius 3 is 2.95 bits per heavy atom. The van der Waals surface area contributed by atoms with E-state index in [9.17, 15) is 9.59 Å². The van der Waals surface area contributed by atoms with Crippen LogP contribution in [0, 0.1) is 0 Å². The Bertz CT molecular complexity index is 503. The van der Waals surface area contributed by atoms with Gasteiger partial charge in [0.1, 0.15) is 9.54 Å². The molecular formula is C11H12BrNO5S. The van der Waals surface area contributed by atoms with Crippen molar-refractivity contribution < 1.29 is 24.2 Å². The summed E-state index contributed by atoms with van der Waals surface area (Å²) in [5.41, 5.74) is 0. The summed E-state index contributed by atoms with van der Waals surface area (Å²) in [5, 5.41) is 9.11. The summed E-state index contributed by atoms with van der Waals surface area (Å²) >= 11 is 4.52. The summed E-state index contributed by atoms with van der Waals surface area (Å²) in [6.45, 7) is 0.636. The molecule has 1 N–H and O–H groups in total. The van der Waals surface area contributed by atoms with Gasteiger partial charge in [0.25, 0.3) is 5.91 Å². The van der Waals surface area contributed by atoms with Gasteiger partial charge in [0.2, 0.25) is 0 Å². The molecule has 0 saturated carbocycles. The molecule has 2 rings (SSSR count). The van der Waals surface area contributed by atoms with E-state index in [1.54, 1.807) is 6.07 Å². The molecule has 2 heterocycles. The van der Waals surface area contributed by atoms with Gasteiger partial charge in [-0.2, -0.15) is 0 Å². The average molecular weight is 350 g/mol. The molecule has 0 aromatic carbocycles. The van der Waals surface area contributed by atoms with Crippen molar-refractivity contribution in [2.45, 2.75) is 6.04 Å². The number of methoxy groups -OCH3 is 1. The second kappa shape index (κ2) is 5.89. The summed E-state index contributed by atoms with van der Waals surface area (Å²) in [7, 11) is 1.51. The van der Waals surface area contributed by atoms with E-state index in [2.05, 4.69) is 15.9 Å². The number of nitrogens with zero attached hydrogens (tertiary/aromatic N) is 1. The normalized spacial score (nSPS) is 19.3. The first-order valence-corrected chi connectivity index (χ1v) is 7.10. The maximum absolute atomic E-state index is 12.3. The minimum atomic E-state index is -1.06. The molecule has 104 valence electrons. The maximum Gasteiger partial charge on any atom is 0.328 e. The number of ether oxygens (including phenoxy) is 2. The van der Waals surface area contributed by atoms with Crippen molar-refractivity contribution in [3.63, 3.8) is 0 Å². The van der Waals surface area contributed by atoms with Crippen molar-refractivity contribution in [3.8, 4) is 5.75 Å². The van der Waals surface area contributed by atoms with Gasteiger partial charge < -0.3 is 19.5 Å². The number of carbonyl (C=O) groups excluding carboxylic acids is 1. The van der Waals surface area contributed by atoms with Gasteiger partial charge >= 0.3 is 5.97 Å². The van der Waals surface area contributed by atoms with Crippen LogP contribution in [-0.2, 0) is 9.53 Å². The zero-order valence-electron chi connectivity index (χ0n) is 10.1. The number of carbonyl (C=O) groups is 2. The number of aliphatic carboxylic acids is 1. The predicted octanol–water partition coefficient (Wildman–Crippen LogP) is 1.44. The summed E-state index contributed by atoms with van der Waals surface area (Å²) in [4.78, 5) is 25.2. The third-order valence-electron chi connectivity index (χ3n) is 2.76. The highest BCUT2D eigenvalue weighted by Gasteiger charge is 2.34. The minimum Gasteiger partial charge on any atom is -0.495 e. The highest BCUT2D eigenvalue weighted by atomic mass is 79.9. The van der Waals surface area contributed by atoms with Gasteiger partial charge in [-0.3, -0.25) is 4.79 Å². The van der Waals surface area contributed by atoms with Crippen molar-refractivity contribution in [2.75, 3.05) is 26.9 Å². The Morgan fingerprint density at radius 1 is 1.63 bits per heavy atom. The molecule has 1 fully saturated rings. The molecule has 0 radical (unpaired) electrons. The van der Waals surface area contributed by atoms with Crippen molar-refractivity contribution in [2.24, 2.45) is 0 Å². The van der Waals surface area contributed by atoms with Crippen LogP contribution in [-0.4, -0.2) is 54.8 Å². The summed E-state index contributed by atoms with van der Waals surface area (Å²) < 4.78 is 10.9. The number of hydrogen-bond acceptors (Lipinski definition) is 5. The lowest BCUT2D eigenvalue weighted by Gasteiger charge is -2.32. The Labute approximate surface area is 122 Å². The Hall–Kier alpha value is -1.12. The van der Waals surface area contributed by atoms with E-state index in [0.29, 0.717) is 21.0 Å². The second-order valence-corrected chi connectivity index (χ2v) is 6.25. The van der Waals surface area contributed by atoms with Gasteiger partial charge in [0.15, 0.2) is 6.04 Å². The van der Waals surface area contributed by atoms with Crippen LogP contribution in [0.25, 0.3) is 0 Å². The van der Waals surface area contributed by atoms with Gasteiger partial charge in [-0.15, -0.1) is 11.3 Å². The van der Waals surface area contributed by atoms with Crippen molar-refractivity contribution in [1.82, 2.24) is 4.90 Å². The van der Waals surface area contributed by atoms with Crippen LogP contribution in [0.3, 0.4) is 0 Å². The van der Waals surface area contributed by atoms with Gasteiger partial charge in [-0.1, -0.05) is 0 Å². The molecule has 1 aliphatic rings. The monoisotopic (exact) mass is 349 g/mol. The van der Waals surface area contributed by atoms with E-state index in [1.807, 2.05) is 0 Å². The fourth-order valence-electron chi connectivity index (χ4n) is 1.79. The molecule has 1 unspecified atom stereocenters. The molecule has 1 atom stereocenters. The smallest absolute Gasteiger partial charge is 0.328 e. The van der Waals surface area contributed by atoms with E-state index in [1.165, 1.54) is 23.3 Å². The largest absolute Gasteiger partial charge is 0.495 e. The zero-order valence-corrected chi connectivity index (χ0v) is 12.5. The fraction of sp³-hybridized carbons (Fsp3) is 0.455. The van der Waals surface area contributed by atoms with Crippen LogP contribution in [0.2, 0.25) is 0 Å². The molecule has 1 saturated heterocycles. The molecule has 0 bridgehead atoms. The van der Waals surface area contributed by atoms with Crippen molar-refractivity contribution in [1.29, 1.82) is 0 Å². The number of halogens is 1. The Kier molecular flexibility index (Phi) is 4.43. The highest BCUT2D eigenvalue weighted by Crippen LogP contribution is 2.35. The topological polar surface area (TPSA) is 76.1 Å². The van der Waals surface area contributed by atoms with Crippen LogP contribution in [0.5, 0.6) is 5.75 Å². The van der Waals surface area contributed by atoms with E-state index in [-0.39, 0.29) is 19.1 Å². The van der Waals surface area contributed by atoms with Gasteiger partial charge in [-0.05, 0) is 15.9 Å². The van der Waals surface area contributed by atoms with Crippen LogP contribution in [0.15, 0.2) is 9.85 Å². The van der Waals surface area contributed by atoms with Crippen LogP contribution in [0.4, 0.5) is 0 Å². The SMILES string of the molecule is COc1cc(C(=O)N2CCOCC2C(=O)O)sc1Br. The van der Waals surface area contributed by atoms with Crippen LogP contribution in [0.1, 0.15) is 9.67 Å². The van der Waals surface area contributed by atoms with Crippen LogP contribution >= 0.6 is 27.3 Å². The number of carboxylic acids is 1. The van der Waals surface area contributed by atoms with E-state index >= 15 is 0 Å². The number of hydrogen-bond donors (Lipinski definition) is 1. The lowest BCUT2D eigenvalue weighted by Crippen LogP contribution is -2.52. The molecular weight excluding hydrogens is 338 g/mol. The third kappa shape index (κ3) is 2.90. The first-order chi connectivity index (χ1) is 9.04. The number of rotatable bonds is 3. The minimum absolute atomic E-state index is 0.0186. The number of thiophene rings is 1. The molecule has 1 aromatic heterocycles. The molecule has 0 spiro atoms. The lowest BCUT2D eigenvalue weighted by atomic mass is 10.2. The highest BCUT2D eigenvalue weighted by molar-refractivity contribution is 9.11. The van der Waals surface area contributed by atoms with Gasteiger partial charge in [-0.25, -0.2) is 4.79 Å². The standard InChI is InChI=1S/C11H12BrNO5S/c1-17-7-4-8(19-9(7)12)10(14)13-2-3-18-5-6(13)11(15)16/h4,6H,2-3,5H2,1H3,(H,15,16). The third-order valence-corrected chi connectivity index (χ3v) is 4.53. The Morgan fingerprint density at radius 2 is 2.37 bits per heavy atom.